The molecule has 0 spiro atoms. The van der Waals surface area contributed by atoms with Crippen LogP contribution in [0.1, 0.15) is 29.3 Å². The Morgan fingerprint density at radius 2 is 1.79 bits per heavy atom. The standard InChI is InChI=1S/C22H21ClN2O8/c1-21(32)7-6-8-15(25(2)3)17(28)13(20(24)31)19(30)22(8,33)18(29)11(7)16(27)12-10(26)5-4-9(23)14(12)21/h4-5,8,15,26,30,32-33H,6H2,1-3H3,(H2,24,31)/t8-,15-,21+,22-/m0/s1. The minimum absolute atomic E-state index is 0.0383. The summed E-state index contributed by atoms with van der Waals surface area (Å²) in [5.74, 6) is -7.75. The van der Waals surface area contributed by atoms with Gasteiger partial charge in [-0.3, -0.25) is 24.1 Å². The van der Waals surface area contributed by atoms with E-state index in [4.69, 9.17) is 17.3 Å². The molecule has 3 aliphatic rings. The van der Waals surface area contributed by atoms with Gasteiger partial charge in [-0.05, 0) is 45.1 Å². The first-order chi connectivity index (χ1) is 15.2. The number of aliphatic hydroxyl groups excluding tert-OH is 1. The number of amides is 1. The predicted octanol–water partition coefficient (Wildman–Crippen LogP) is -0.124. The molecule has 0 fully saturated rings. The Morgan fingerprint density at radius 1 is 1.18 bits per heavy atom. The average Bonchev–Trinajstić information content (AvgIpc) is 2.69. The molecule has 0 aliphatic heterocycles. The minimum Gasteiger partial charge on any atom is -0.508 e. The number of nitrogens with two attached hydrogens (primary N) is 1. The van der Waals surface area contributed by atoms with Crippen LogP contribution in [0.5, 0.6) is 5.75 Å². The monoisotopic (exact) mass is 476 g/mol. The number of likely N-dealkylation sites (N-methyl/N-ethyl adjacent to an activating group) is 1. The largest absolute Gasteiger partial charge is 0.508 e. The lowest BCUT2D eigenvalue weighted by molar-refractivity contribution is -0.150. The smallest absolute Gasteiger partial charge is 0.255 e. The number of rotatable bonds is 2. The van der Waals surface area contributed by atoms with E-state index in [9.17, 15) is 39.6 Å². The van der Waals surface area contributed by atoms with E-state index < -0.39 is 74.6 Å². The fraction of sp³-hybridized carbons (Fsp3) is 0.364. The third-order valence-electron chi connectivity index (χ3n) is 6.79. The SMILES string of the molecule is CN(C)[C@@H]1C(=O)C(C(N)=O)=C(O)[C@@]2(O)C(=O)C3=C(C[C@@H]12)[C@@](C)(O)c1c(Cl)ccc(O)c1C3=O. The quantitative estimate of drug-likeness (QED) is 0.364. The second-order valence-electron chi connectivity index (χ2n) is 8.84. The summed E-state index contributed by atoms with van der Waals surface area (Å²) >= 11 is 6.23. The van der Waals surface area contributed by atoms with E-state index >= 15 is 0 Å². The number of hydrogen-bond donors (Lipinski definition) is 5. The molecule has 1 aromatic carbocycles. The summed E-state index contributed by atoms with van der Waals surface area (Å²) < 4.78 is 0. The van der Waals surface area contributed by atoms with Crippen molar-refractivity contribution in [3.8, 4) is 5.75 Å². The Morgan fingerprint density at radius 3 is 2.33 bits per heavy atom. The van der Waals surface area contributed by atoms with Crippen LogP contribution in [0, 0.1) is 5.92 Å². The van der Waals surface area contributed by atoms with E-state index in [1.54, 1.807) is 0 Å². The zero-order chi connectivity index (χ0) is 24.8. The lowest BCUT2D eigenvalue weighted by Crippen LogP contribution is -2.65. The Bertz CT molecular complexity index is 1250. The van der Waals surface area contributed by atoms with Crippen molar-refractivity contribution >= 4 is 34.9 Å². The fourth-order valence-electron chi connectivity index (χ4n) is 5.29. The van der Waals surface area contributed by atoms with Crippen molar-refractivity contribution in [3.63, 3.8) is 0 Å². The molecule has 6 N–H and O–H groups in total. The molecule has 4 atom stereocenters. The van der Waals surface area contributed by atoms with Gasteiger partial charge < -0.3 is 26.2 Å². The molecular weight excluding hydrogens is 456 g/mol. The lowest BCUT2D eigenvalue weighted by atomic mass is 9.57. The van der Waals surface area contributed by atoms with Gasteiger partial charge >= 0.3 is 0 Å². The molecule has 0 bridgehead atoms. The number of halogens is 1. The maximum Gasteiger partial charge on any atom is 0.255 e. The van der Waals surface area contributed by atoms with Crippen molar-refractivity contribution in [2.75, 3.05) is 14.1 Å². The highest BCUT2D eigenvalue weighted by Gasteiger charge is 2.65. The Balaban J connectivity index is 2.06. The van der Waals surface area contributed by atoms with Crippen molar-refractivity contribution < 1.29 is 39.6 Å². The number of nitrogens with zero attached hydrogens (tertiary/aromatic N) is 1. The fourth-order valence-corrected chi connectivity index (χ4v) is 5.63. The predicted molar refractivity (Wildman–Crippen MR) is 113 cm³/mol. The number of phenolic OH excluding ortho intramolecular Hbond substituents is 1. The summed E-state index contributed by atoms with van der Waals surface area (Å²) in [4.78, 5) is 53.3. The summed E-state index contributed by atoms with van der Waals surface area (Å²) in [7, 11) is 2.93. The molecule has 0 unspecified atom stereocenters. The third kappa shape index (κ3) is 2.72. The van der Waals surface area contributed by atoms with Crippen LogP contribution in [0.2, 0.25) is 5.02 Å². The van der Waals surface area contributed by atoms with Crippen LogP contribution in [-0.4, -0.2) is 74.3 Å². The molecule has 0 aromatic heterocycles. The van der Waals surface area contributed by atoms with Gasteiger partial charge in [0.05, 0.1) is 17.2 Å². The van der Waals surface area contributed by atoms with Gasteiger partial charge in [0.25, 0.3) is 5.91 Å². The molecule has 0 saturated carbocycles. The van der Waals surface area contributed by atoms with E-state index in [0.717, 1.165) is 6.07 Å². The van der Waals surface area contributed by atoms with Crippen LogP contribution in [0.4, 0.5) is 0 Å². The molecule has 10 nitrogen and oxygen atoms in total. The van der Waals surface area contributed by atoms with Gasteiger partial charge in [-0.2, -0.15) is 0 Å². The van der Waals surface area contributed by atoms with E-state index in [-0.39, 0.29) is 22.6 Å². The first kappa shape index (κ1) is 23.1. The molecule has 33 heavy (non-hydrogen) atoms. The average molecular weight is 477 g/mol. The van der Waals surface area contributed by atoms with E-state index in [0.29, 0.717) is 0 Å². The molecule has 0 radical (unpaired) electrons. The van der Waals surface area contributed by atoms with Crippen LogP contribution in [0.3, 0.4) is 0 Å². The van der Waals surface area contributed by atoms with Crippen LogP contribution >= 0.6 is 11.6 Å². The van der Waals surface area contributed by atoms with Gasteiger partial charge in [0.2, 0.25) is 11.6 Å². The maximum absolute atomic E-state index is 13.6. The van der Waals surface area contributed by atoms with Crippen molar-refractivity contribution in [2.45, 2.75) is 30.6 Å². The van der Waals surface area contributed by atoms with E-state index in [2.05, 4.69) is 0 Å². The number of ketones is 3. The number of phenols is 1. The molecule has 1 aromatic rings. The summed E-state index contributed by atoms with van der Waals surface area (Å²) in [5, 5.41) is 43.9. The second-order valence-corrected chi connectivity index (χ2v) is 9.25. The second kappa shape index (κ2) is 6.97. The lowest BCUT2D eigenvalue weighted by Gasteiger charge is -2.50. The molecule has 174 valence electrons. The molecule has 0 heterocycles. The first-order valence-corrected chi connectivity index (χ1v) is 10.3. The molecular formula is C22H21ClN2O8. The minimum atomic E-state index is -2.84. The summed E-state index contributed by atoms with van der Waals surface area (Å²) in [6.45, 7) is 1.27. The first-order valence-electron chi connectivity index (χ1n) is 9.92. The zero-order valence-corrected chi connectivity index (χ0v) is 18.6. The highest BCUT2D eigenvalue weighted by atomic mass is 35.5. The number of aromatic hydroxyl groups is 1. The number of primary amides is 1. The van der Waals surface area contributed by atoms with Crippen LogP contribution in [0.25, 0.3) is 0 Å². The highest BCUT2D eigenvalue weighted by molar-refractivity contribution is 6.36. The molecule has 4 rings (SSSR count). The number of benzene rings is 1. The van der Waals surface area contributed by atoms with Crippen molar-refractivity contribution in [3.05, 3.63) is 50.8 Å². The number of carbonyl (C=O) groups excluding carboxylic acids is 4. The van der Waals surface area contributed by atoms with Crippen molar-refractivity contribution in [1.29, 1.82) is 0 Å². The van der Waals surface area contributed by atoms with E-state index in [1.165, 1.54) is 32.0 Å². The van der Waals surface area contributed by atoms with E-state index in [1.807, 2.05) is 0 Å². The zero-order valence-electron chi connectivity index (χ0n) is 17.8. The maximum atomic E-state index is 13.6. The van der Waals surface area contributed by atoms with Gasteiger partial charge in [-0.15, -0.1) is 0 Å². The number of aliphatic hydroxyl groups is 3. The molecule has 0 saturated heterocycles. The van der Waals surface area contributed by atoms with Crippen LogP contribution in [0.15, 0.2) is 34.6 Å². The Kier molecular flexibility index (Phi) is 4.89. The van der Waals surface area contributed by atoms with Crippen LogP contribution in [-0.2, 0) is 20.0 Å². The van der Waals surface area contributed by atoms with Gasteiger partial charge in [-0.1, -0.05) is 11.6 Å². The van der Waals surface area contributed by atoms with Gasteiger partial charge in [0.15, 0.2) is 11.4 Å². The number of hydrogen-bond acceptors (Lipinski definition) is 9. The highest BCUT2D eigenvalue weighted by Crippen LogP contribution is 2.54. The number of fused-ring (bicyclic) bond motifs is 2. The summed E-state index contributed by atoms with van der Waals surface area (Å²) in [5.41, 5.74) is -1.88. The summed E-state index contributed by atoms with van der Waals surface area (Å²) in [6, 6.07) is 1.11. The Labute approximate surface area is 192 Å². The van der Waals surface area contributed by atoms with Gasteiger partial charge in [0.1, 0.15) is 22.7 Å². The third-order valence-corrected chi connectivity index (χ3v) is 7.11. The number of Topliss-reactive ketones (excluding diaryl/α,β-unsaturated/α-hetero) is 3. The molecule has 11 heteroatoms. The van der Waals surface area contributed by atoms with Crippen molar-refractivity contribution in [2.24, 2.45) is 11.7 Å². The Hall–Kier alpha value is -3.05. The molecule has 1 amide bonds. The van der Waals surface area contributed by atoms with Crippen LogP contribution < -0.4 is 5.73 Å². The normalized spacial score (nSPS) is 31.5. The topological polar surface area (TPSA) is 178 Å². The molecule has 3 aliphatic carbocycles. The number of carbonyl (C=O) groups is 4. The summed E-state index contributed by atoms with van der Waals surface area (Å²) in [6.07, 6.45) is -0.383. The van der Waals surface area contributed by atoms with Gasteiger partial charge in [-0.25, -0.2) is 0 Å². The van der Waals surface area contributed by atoms with Gasteiger partial charge in [0, 0.05) is 16.5 Å². The van der Waals surface area contributed by atoms with Crippen molar-refractivity contribution in [1.82, 2.24) is 4.90 Å².